The van der Waals surface area contributed by atoms with Gasteiger partial charge in [-0.15, -0.1) is 0 Å². The Morgan fingerprint density at radius 3 is 2.81 bits per heavy atom. The molecule has 2 fully saturated rings. The van der Waals surface area contributed by atoms with Crippen LogP contribution in [0.2, 0.25) is 0 Å². The van der Waals surface area contributed by atoms with E-state index in [1.54, 1.807) is 11.1 Å². The van der Waals surface area contributed by atoms with E-state index in [0.29, 0.717) is 26.1 Å². The van der Waals surface area contributed by atoms with Gasteiger partial charge in [0.25, 0.3) is 0 Å². The number of rotatable bonds is 6. The fourth-order valence-electron chi connectivity index (χ4n) is 4.08. The largest absolute Gasteiger partial charge is 0.342 e. The first-order valence-electron chi connectivity index (χ1n) is 9.48. The number of nitrogens with zero attached hydrogens (tertiary/aromatic N) is 3. The molecule has 2 aliphatic rings. The van der Waals surface area contributed by atoms with Crippen LogP contribution in [0.4, 0.5) is 0 Å². The topological polar surface area (TPSA) is 87.7 Å². The fourth-order valence-corrected chi connectivity index (χ4v) is 4.63. The molecule has 7 nitrogen and oxygen atoms in total. The third kappa shape index (κ3) is 5.28. The maximum atomic E-state index is 12.5. The number of sulfone groups is 1. The monoisotopic (exact) mass is 393 g/mol. The van der Waals surface area contributed by atoms with E-state index in [1.165, 1.54) is 0 Å². The molecule has 2 aliphatic heterocycles. The van der Waals surface area contributed by atoms with Crippen LogP contribution in [-0.2, 0) is 25.8 Å². The summed E-state index contributed by atoms with van der Waals surface area (Å²) >= 11 is 0. The molecule has 0 saturated carbocycles. The Balaban J connectivity index is 1.58. The van der Waals surface area contributed by atoms with Crippen molar-refractivity contribution in [1.82, 2.24) is 14.8 Å². The van der Waals surface area contributed by atoms with Crippen LogP contribution in [0, 0.1) is 5.92 Å². The summed E-state index contributed by atoms with van der Waals surface area (Å²) in [6.07, 6.45) is 5.73. The maximum absolute atomic E-state index is 12.5. The minimum absolute atomic E-state index is 0.0402. The summed E-state index contributed by atoms with van der Waals surface area (Å²) in [5, 5.41) is 0. The number of amides is 2. The SMILES string of the molecule is CS(=O)(=O)CCC(=O)N1CC[C@@H]2[C@@H](CCC(=O)N2CCc2ccccn2)C1. The Labute approximate surface area is 160 Å². The zero-order valence-corrected chi connectivity index (χ0v) is 16.5. The average molecular weight is 394 g/mol. The number of piperidine rings is 2. The molecule has 3 rings (SSSR count). The van der Waals surface area contributed by atoms with Gasteiger partial charge in [0.1, 0.15) is 9.84 Å². The molecule has 2 saturated heterocycles. The highest BCUT2D eigenvalue weighted by molar-refractivity contribution is 7.90. The Morgan fingerprint density at radius 1 is 1.30 bits per heavy atom. The normalized spacial score (nSPS) is 23.2. The second-order valence-electron chi connectivity index (χ2n) is 7.53. The number of aromatic nitrogens is 1. The summed E-state index contributed by atoms with van der Waals surface area (Å²) in [6, 6.07) is 5.95. The van der Waals surface area contributed by atoms with Crippen molar-refractivity contribution in [3.63, 3.8) is 0 Å². The highest BCUT2D eigenvalue weighted by Crippen LogP contribution is 2.31. The van der Waals surface area contributed by atoms with Crippen molar-refractivity contribution in [3.8, 4) is 0 Å². The van der Waals surface area contributed by atoms with Gasteiger partial charge in [-0.3, -0.25) is 14.6 Å². The van der Waals surface area contributed by atoms with Crippen molar-refractivity contribution in [1.29, 1.82) is 0 Å². The van der Waals surface area contributed by atoms with Crippen LogP contribution >= 0.6 is 0 Å². The number of fused-ring (bicyclic) bond motifs is 1. The van der Waals surface area contributed by atoms with E-state index >= 15 is 0 Å². The molecule has 2 amide bonds. The van der Waals surface area contributed by atoms with Crippen LogP contribution in [0.15, 0.2) is 24.4 Å². The highest BCUT2D eigenvalue weighted by Gasteiger charge is 2.40. The first-order chi connectivity index (χ1) is 12.8. The van der Waals surface area contributed by atoms with Gasteiger partial charge in [-0.2, -0.15) is 0 Å². The van der Waals surface area contributed by atoms with Crippen molar-refractivity contribution >= 4 is 21.7 Å². The minimum Gasteiger partial charge on any atom is -0.342 e. The van der Waals surface area contributed by atoms with Crippen molar-refractivity contribution in [2.24, 2.45) is 5.92 Å². The Morgan fingerprint density at radius 2 is 2.11 bits per heavy atom. The number of hydrogen-bond acceptors (Lipinski definition) is 5. The molecular weight excluding hydrogens is 366 g/mol. The van der Waals surface area contributed by atoms with Gasteiger partial charge in [0.05, 0.1) is 5.75 Å². The molecule has 0 spiro atoms. The van der Waals surface area contributed by atoms with Gasteiger partial charge in [0, 0.05) is 63.1 Å². The lowest BCUT2D eigenvalue weighted by Crippen LogP contribution is -2.57. The summed E-state index contributed by atoms with van der Waals surface area (Å²) < 4.78 is 22.6. The Bertz CT molecular complexity index is 781. The van der Waals surface area contributed by atoms with E-state index in [4.69, 9.17) is 0 Å². The third-order valence-electron chi connectivity index (χ3n) is 5.52. The lowest BCUT2D eigenvalue weighted by molar-refractivity contribution is -0.144. The van der Waals surface area contributed by atoms with Gasteiger partial charge < -0.3 is 9.80 Å². The zero-order chi connectivity index (χ0) is 19.4. The van der Waals surface area contributed by atoms with Crippen LogP contribution in [0.1, 0.15) is 31.4 Å². The maximum Gasteiger partial charge on any atom is 0.223 e. The quantitative estimate of drug-likeness (QED) is 0.717. The van der Waals surface area contributed by atoms with Crippen LogP contribution in [0.3, 0.4) is 0 Å². The van der Waals surface area contributed by atoms with Gasteiger partial charge in [-0.05, 0) is 30.9 Å². The van der Waals surface area contributed by atoms with Crippen molar-refractivity contribution < 1.29 is 18.0 Å². The molecule has 148 valence electrons. The number of likely N-dealkylation sites (tertiary alicyclic amines) is 2. The Kier molecular flexibility index (Phi) is 6.14. The lowest BCUT2D eigenvalue weighted by Gasteiger charge is -2.47. The van der Waals surface area contributed by atoms with E-state index in [0.717, 1.165) is 31.2 Å². The van der Waals surface area contributed by atoms with Crippen molar-refractivity contribution in [3.05, 3.63) is 30.1 Å². The minimum atomic E-state index is -3.14. The van der Waals surface area contributed by atoms with Crippen LogP contribution in [0.5, 0.6) is 0 Å². The van der Waals surface area contributed by atoms with Gasteiger partial charge >= 0.3 is 0 Å². The zero-order valence-electron chi connectivity index (χ0n) is 15.7. The molecule has 0 unspecified atom stereocenters. The molecule has 3 heterocycles. The summed E-state index contributed by atoms with van der Waals surface area (Å²) in [5.41, 5.74) is 0.973. The number of pyridine rings is 1. The fraction of sp³-hybridized carbons (Fsp3) is 0.632. The van der Waals surface area contributed by atoms with E-state index in [2.05, 4.69) is 4.98 Å². The second-order valence-corrected chi connectivity index (χ2v) is 9.79. The van der Waals surface area contributed by atoms with Crippen LogP contribution < -0.4 is 0 Å². The molecule has 0 N–H and O–H groups in total. The Hall–Kier alpha value is -1.96. The molecule has 0 aliphatic carbocycles. The van der Waals surface area contributed by atoms with E-state index in [9.17, 15) is 18.0 Å². The summed E-state index contributed by atoms with van der Waals surface area (Å²) in [4.78, 5) is 32.9. The first kappa shape index (κ1) is 19.8. The van der Waals surface area contributed by atoms with Gasteiger partial charge in [-0.25, -0.2) is 8.42 Å². The van der Waals surface area contributed by atoms with Crippen LogP contribution in [-0.4, -0.2) is 72.7 Å². The van der Waals surface area contributed by atoms with E-state index < -0.39 is 9.84 Å². The smallest absolute Gasteiger partial charge is 0.223 e. The molecule has 2 atom stereocenters. The summed E-state index contributed by atoms with van der Waals surface area (Å²) in [6.45, 7) is 1.84. The summed E-state index contributed by atoms with van der Waals surface area (Å²) in [7, 11) is -3.14. The highest BCUT2D eigenvalue weighted by atomic mass is 32.2. The molecule has 0 radical (unpaired) electrons. The van der Waals surface area contributed by atoms with E-state index in [-0.39, 0.29) is 35.9 Å². The third-order valence-corrected chi connectivity index (χ3v) is 6.46. The van der Waals surface area contributed by atoms with Crippen LogP contribution in [0.25, 0.3) is 0 Å². The molecule has 1 aromatic heterocycles. The molecule has 0 aromatic carbocycles. The number of hydrogen-bond donors (Lipinski definition) is 0. The molecule has 1 aromatic rings. The second kappa shape index (κ2) is 8.37. The van der Waals surface area contributed by atoms with Gasteiger partial charge in [0.2, 0.25) is 11.8 Å². The van der Waals surface area contributed by atoms with Gasteiger partial charge in [-0.1, -0.05) is 6.07 Å². The average Bonchev–Trinajstić information content (AvgIpc) is 2.65. The summed E-state index contributed by atoms with van der Waals surface area (Å²) in [5.74, 6) is 0.243. The lowest BCUT2D eigenvalue weighted by atomic mass is 9.83. The van der Waals surface area contributed by atoms with Gasteiger partial charge in [0.15, 0.2) is 0 Å². The molecular formula is C19H27N3O4S. The van der Waals surface area contributed by atoms with E-state index in [1.807, 2.05) is 23.1 Å². The molecule has 0 bridgehead atoms. The van der Waals surface area contributed by atoms with Crippen molar-refractivity contribution in [2.45, 2.75) is 38.1 Å². The molecule has 8 heteroatoms. The number of carbonyl (C=O) groups excluding carboxylic acids is 2. The predicted octanol–water partition coefficient (Wildman–Crippen LogP) is 0.898. The van der Waals surface area contributed by atoms with Crippen molar-refractivity contribution in [2.75, 3.05) is 31.6 Å². The number of carbonyl (C=O) groups is 2. The standard InChI is InChI=1S/C19H27N3O4S/c1-27(25,26)13-9-18(23)21-11-8-17-15(14-21)5-6-19(24)22(17)12-7-16-4-2-3-10-20-16/h2-4,10,15,17H,5-9,11-14H2,1H3/t15-,17+/m0/s1. The molecule has 27 heavy (non-hydrogen) atoms. The first-order valence-corrected chi connectivity index (χ1v) is 11.5. The predicted molar refractivity (Wildman–Crippen MR) is 102 cm³/mol.